The number of amides is 2. The molecule has 118 valence electrons. The predicted octanol–water partition coefficient (Wildman–Crippen LogP) is 1.26. The standard InChI is InChI=1S/C18H14N4O2/c19-10-12-5-7-13(8-6-12)18(24)22-16(17(21)23)9-14-3-1-2-4-15(14)11-20/h1-8,16H,9H2,(H2,21,23)(H,22,24)/t16-/m1/s1. The molecule has 0 saturated heterocycles. The fraction of sp³-hybridized carbons (Fsp3) is 0.111. The number of rotatable bonds is 5. The zero-order valence-electron chi connectivity index (χ0n) is 12.7. The van der Waals surface area contributed by atoms with Gasteiger partial charge in [-0.15, -0.1) is 0 Å². The molecule has 2 amide bonds. The lowest BCUT2D eigenvalue weighted by Gasteiger charge is -2.16. The summed E-state index contributed by atoms with van der Waals surface area (Å²) >= 11 is 0. The van der Waals surface area contributed by atoms with Crippen LogP contribution in [0.4, 0.5) is 0 Å². The smallest absolute Gasteiger partial charge is 0.251 e. The fourth-order valence-electron chi connectivity index (χ4n) is 2.19. The van der Waals surface area contributed by atoms with Gasteiger partial charge in [0, 0.05) is 12.0 Å². The van der Waals surface area contributed by atoms with Crippen molar-refractivity contribution in [3.63, 3.8) is 0 Å². The van der Waals surface area contributed by atoms with Crippen LogP contribution in [0.2, 0.25) is 0 Å². The Morgan fingerprint density at radius 3 is 2.29 bits per heavy atom. The number of carbonyl (C=O) groups is 2. The van der Waals surface area contributed by atoms with Gasteiger partial charge in [-0.3, -0.25) is 9.59 Å². The summed E-state index contributed by atoms with van der Waals surface area (Å²) in [4.78, 5) is 23.9. The highest BCUT2D eigenvalue weighted by Crippen LogP contribution is 2.11. The number of primary amides is 1. The van der Waals surface area contributed by atoms with Crippen molar-refractivity contribution in [2.24, 2.45) is 5.73 Å². The number of hydrogen-bond donors (Lipinski definition) is 2. The van der Waals surface area contributed by atoms with E-state index in [4.69, 9.17) is 16.3 Å². The van der Waals surface area contributed by atoms with E-state index in [0.717, 1.165) is 0 Å². The largest absolute Gasteiger partial charge is 0.368 e. The van der Waals surface area contributed by atoms with E-state index in [1.807, 2.05) is 12.1 Å². The molecular weight excluding hydrogens is 304 g/mol. The molecule has 0 heterocycles. The Hall–Kier alpha value is -3.64. The summed E-state index contributed by atoms with van der Waals surface area (Å²) < 4.78 is 0. The Kier molecular flexibility index (Phi) is 5.28. The fourth-order valence-corrected chi connectivity index (χ4v) is 2.19. The van der Waals surface area contributed by atoms with Crippen LogP contribution in [0.3, 0.4) is 0 Å². The summed E-state index contributed by atoms with van der Waals surface area (Å²) in [6, 6.07) is 15.9. The van der Waals surface area contributed by atoms with Gasteiger partial charge in [0.15, 0.2) is 0 Å². The third-order valence-corrected chi connectivity index (χ3v) is 3.49. The SMILES string of the molecule is N#Cc1ccc(C(=O)N[C@H](Cc2ccccc2C#N)C(N)=O)cc1. The minimum absolute atomic E-state index is 0.126. The third-order valence-electron chi connectivity index (χ3n) is 3.49. The van der Waals surface area contributed by atoms with Gasteiger partial charge < -0.3 is 11.1 Å². The quantitative estimate of drug-likeness (QED) is 0.862. The van der Waals surface area contributed by atoms with Gasteiger partial charge >= 0.3 is 0 Å². The van der Waals surface area contributed by atoms with Crippen molar-refractivity contribution in [2.75, 3.05) is 0 Å². The topological polar surface area (TPSA) is 120 Å². The number of nitrogens with one attached hydrogen (secondary N) is 1. The first kappa shape index (κ1) is 16.7. The van der Waals surface area contributed by atoms with Gasteiger partial charge in [0.05, 0.1) is 23.3 Å². The van der Waals surface area contributed by atoms with Crippen LogP contribution in [0.25, 0.3) is 0 Å². The highest BCUT2D eigenvalue weighted by atomic mass is 16.2. The van der Waals surface area contributed by atoms with E-state index in [1.165, 1.54) is 24.3 Å². The highest BCUT2D eigenvalue weighted by molar-refractivity contribution is 5.97. The van der Waals surface area contributed by atoms with Crippen LogP contribution in [0.5, 0.6) is 0 Å². The first-order chi connectivity index (χ1) is 11.5. The van der Waals surface area contributed by atoms with Crippen molar-refractivity contribution in [2.45, 2.75) is 12.5 Å². The summed E-state index contributed by atoms with van der Waals surface area (Å²) in [7, 11) is 0. The van der Waals surface area contributed by atoms with Crippen molar-refractivity contribution in [1.29, 1.82) is 10.5 Å². The molecule has 6 heteroatoms. The zero-order chi connectivity index (χ0) is 17.5. The lowest BCUT2D eigenvalue weighted by atomic mass is 10.00. The maximum Gasteiger partial charge on any atom is 0.251 e. The second kappa shape index (κ2) is 7.57. The molecule has 1 atom stereocenters. The lowest BCUT2D eigenvalue weighted by Crippen LogP contribution is -2.46. The molecule has 0 bridgehead atoms. The van der Waals surface area contributed by atoms with Gasteiger partial charge in [-0.25, -0.2) is 0 Å². The molecule has 0 saturated carbocycles. The van der Waals surface area contributed by atoms with Crippen molar-refractivity contribution < 1.29 is 9.59 Å². The molecule has 2 rings (SSSR count). The Bertz CT molecular complexity index is 845. The predicted molar refractivity (Wildman–Crippen MR) is 86.5 cm³/mol. The van der Waals surface area contributed by atoms with Gasteiger partial charge in [-0.1, -0.05) is 18.2 Å². The number of carbonyl (C=O) groups excluding carboxylic acids is 2. The van der Waals surface area contributed by atoms with E-state index in [-0.39, 0.29) is 6.42 Å². The Morgan fingerprint density at radius 2 is 1.71 bits per heavy atom. The van der Waals surface area contributed by atoms with E-state index >= 15 is 0 Å². The Morgan fingerprint density at radius 1 is 1.04 bits per heavy atom. The van der Waals surface area contributed by atoms with Gasteiger partial charge in [-0.2, -0.15) is 10.5 Å². The number of nitriles is 2. The molecule has 2 aromatic carbocycles. The molecule has 0 fully saturated rings. The summed E-state index contributed by atoms with van der Waals surface area (Å²) in [5.41, 5.74) is 7.17. The van der Waals surface area contributed by atoms with Crippen molar-refractivity contribution in [3.8, 4) is 12.1 Å². The van der Waals surface area contributed by atoms with E-state index in [1.54, 1.807) is 24.3 Å². The second-order valence-electron chi connectivity index (χ2n) is 5.09. The molecule has 0 spiro atoms. The molecule has 0 aliphatic rings. The van der Waals surface area contributed by atoms with Crippen LogP contribution in [-0.2, 0) is 11.2 Å². The molecule has 0 aliphatic heterocycles. The maximum absolute atomic E-state index is 12.2. The Labute approximate surface area is 139 Å². The number of nitrogens with zero attached hydrogens (tertiary/aromatic N) is 2. The first-order valence-electron chi connectivity index (χ1n) is 7.13. The van der Waals surface area contributed by atoms with Gasteiger partial charge in [0.25, 0.3) is 5.91 Å². The monoisotopic (exact) mass is 318 g/mol. The van der Waals surface area contributed by atoms with E-state index in [0.29, 0.717) is 22.3 Å². The zero-order valence-corrected chi connectivity index (χ0v) is 12.7. The first-order valence-corrected chi connectivity index (χ1v) is 7.13. The molecule has 6 nitrogen and oxygen atoms in total. The molecule has 0 radical (unpaired) electrons. The normalized spacial score (nSPS) is 10.9. The maximum atomic E-state index is 12.2. The van der Waals surface area contributed by atoms with E-state index in [9.17, 15) is 9.59 Å². The number of hydrogen-bond acceptors (Lipinski definition) is 4. The third kappa shape index (κ3) is 3.96. The summed E-state index contributed by atoms with van der Waals surface area (Å²) in [6.07, 6.45) is 0.126. The van der Waals surface area contributed by atoms with Crippen molar-refractivity contribution in [3.05, 3.63) is 70.8 Å². The highest BCUT2D eigenvalue weighted by Gasteiger charge is 2.20. The summed E-state index contributed by atoms with van der Waals surface area (Å²) in [5, 5.41) is 20.4. The molecule has 0 unspecified atom stereocenters. The van der Waals surface area contributed by atoms with Crippen LogP contribution in [0.15, 0.2) is 48.5 Å². The minimum atomic E-state index is -0.942. The van der Waals surface area contributed by atoms with Gasteiger partial charge in [0.2, 0.25) is 5.91 Å². The molecule has 0 aliphatic carbocycles. The molecule has 3 N–H and O–H groups in total. The average molecular weight is 318 g/mol. The van der Waals surface area contributed by atoms with Crippen molar-refractivity contribution >= 4 is 11.8 Å². The molecular formula is C18H14N4O2. The minimum Gasteiger partial charge on any atom is -0.368 e. The molecule has 0 aromatic heterocycles. The lowest BCUT2D eigenvalue weighted by molar-refractivity contribution is -0.119. The van der Waals surface area contributed by atoms with Crippen LogP contribution in [0, 0.1) is 22.7 Å². The molecule has 2 aromatic rings. The number of nitrogens with two attached hydrogens (primary N) is 1. The van der Waals surface area contributed by atoms with E-state index in [2.05, 4.69) is 5.32 Å². The van der Waals surface area contributed by atoms with Crippen molar-refractivity contribution in [1.82, 2.24) is 5.32 Å². The van der Waals surface area contributed by atoms with Gasteiger partial charge in [-0.05, 0) is 35.9 Å². The Balaban J connectivity index is 2.16. The van der Waals surface area contributed by atoms with Gasteiger partial charge in [0.1, 0.15) is 6.04 Å². The van der Waals surface area contributed by atoms with Crippen LogP contribution < -0.4 is 11.1 Å². The summed E-state index contributed by atoms with van der Waals surface area (Å²) in [6.45, 7) is 0. The number of benzene rings is 2. The van der Waals surface area contributed by atoms with Crippen LogP contribution in [0.1, 0.15) is 27.0 Å². The van der Waals surface area contributed by atoms with Crippen LogP contribution in [-0.4, -0.2) is 17.9 Å². The molecule has 24 heavy (non-hydrogen) atoms. The van der Waals surface area contributed by atoms with Crippen LogP contribution >= 0.6 is 0 Å². The summed E-state index contributed by atoms with van der Waals surface area (Å²) in [5.74, 6) is -1.16. The second-order valence-corrected chi connectivity index (χ2v) is 5.09. The average Bonchev–Trinajstić information content (AvgIpc) is 2.61. The van der Waals surface area contributed by atoms with E-state index < -0.39 is 17.9 Å².